The summed E-state index contributed by atoms with van der Waals surface area (Å²) >= 11 is 0. The van der Waals surface area contributed by atoms with Gasteiger partial charge in [-0.3, -0.25) is 14.4 Å². The Bertz CT molecular complexity index is 1920. The molecule has 6 nitrogen and oxygen atoms in total. The van der Waals surface area contributed by atoms with E-state index in [-0.39, 0.29) is 18.6 Å². The predicted octanol–water partition coefficient (Wildman–Crippen LogP) is 8.63. The highest BCUT2D eigenvalue weighted by atomic mass is 19.4. The van der Waals surface area contributed by atoms with Crippen LogP contribution in [0.15, 0.2) is 97.1 Å². The summed E-state index contributed by atoms with van der Waals surface area (Å²) in [6.07, 6.45) is -8.08. The molecule has 2 aliphatic rings. The van der Waals surface area contributed by atoms with Crippen molar-refractivity contribution < 1.29 is 45.5 Å². The molecule has 272 valence electrons. The molecule has 0 aliphatic heterocycles. The molecule has 2 N–H and O–H groups in total. The minimum atomic E-state index is -4.65. The van der Waals surface area contributed by atoms with Crippen molar-refractivity contribution in [2.75, 3.05) is 13.2 Å². The van der Waals surface area contributed by atoms with Gasteiger partial charge in [-0.2, -0.15) is 26.3 Å². The number of hydrogen-bond acceptors (Lipinski definition) is 4. The number of carbonyl (C=O) groups is 3. The number of halogens is 6. The quantitative estimate of drug-likeness (QED) is 0.134. The lowest BCUT2D eigenvalue weighted by atomic mass is 9.74. The van der Waals surface area contributed by atoms with E-state index in [0.717, 1.165) is 12.1 Å². The third kappa shape index (κ3) is 7.42. The van der Waals surface area contributed by atoms with Crippen molar-refractivity contribution in [1.29, 1.82) is 0 Å². The van der Waals surface area contributed by atoms with Crippen LogP contribution in [0, 0.1) is 5.92 Å². The van der Waals surface area contributed by atoms with Gasteiger partial charge in [-0.05, 0) is 78.1 Å². The highest BCUT2D eigenvalue weighted by Crippen LogP contribution is 2.51. The maximum Gasteiger partial charge on any atom is 0.416 e. The summed E-state index contributed by atoms with van der Waals surface area (Å²) in [7, 11) is 0. The molecule has 0 aromatic heterocycles. The Kier molecular flexibility index (Phi) is 9.95. The van der Waals surface area contributed by atoms with Gasteiger partial charge in [-0.15, -0.1) is 0 Å². The number of hydrogen-bond donors (Lipinski definition) is 2. The van der Waals surface area contributed by atoms with Gasteiger partial charge in [0.1, 0.15) is 12.0 Å². The number of esters is 1. The maximum absolute atomic E-state index is 13.7. The normalized spacial score (nSPS) is 19.2. The first-order chi connectivity index (χ1) is 24.6. The molecule has 12 heteroatoms. The Labute approximate surface area is 296 Å². The maximum atomic E-state index is 13.7. The van der Waals surface area contributed by atoms with E-state index in [1.165, 1.54) is 6.07 Å². The third-order valence-electron chi connectivity index (χ3n) is 10.1. The Hall–Kier alpha value is -5.13. The molecule has 6 rings (SSSR count). The monoisotopic (exact) mass is 722 g/mol. The fraction of sp³-hybridized carbons (Fsp3) is 0.325. The number of fused-ring (bicyclic) bond motifs is 3. The van der Waals surface area contributed by atoms with Gasteiger partial charge < -0.3 is 15.4 Å². The van der Waals surface area contributed by atoms with Crippen molar-refractivity contribution in [1.82, 2.24) is 10.6 Å². The van der Waals surface area contributed by atoms with E-state index >= 15 is 0 Å². The van der Waals surface area contributed by atoms with Gasteiger partial charge in [0.25, 0.3) is 5.91 Å². The van der Waals surface area contributed by atoms with Crippen LogP contribution in [-0.2, 0) is 25.9 Å². The standard InChI is InChI=1S/C40H36F6N2O4/c1-37(48-34(49)31-23-27(40(44,45)46)15-16-28(31)25-9-3-2-4-10-25)19-17-26(18-20-37)35(50)52-22-21-38(36(51)47-24-39(41,42)43)32-13-7-5-11-29(32)30-12-6-8-14-33(30)38/h2-16,23,26H,17-22,24H2,1H3,(H,47,51)(H,48,49). The second-order valence-corrected chi connectivity index (χ2v) is 13.6. The first kappa shape index (κ1) is 36.7. The summed E-state index contributed by atoms with van der Waals surface area (Å²) in [6, 6.07) is 25.7. The van der Waals surface area contributed by atoms with E-state index in [9.17, 15) is 40.7 Å². The van der Waals surface area contributed by atoms with Crippen LogP contribution in [-0.4, -0.2) is 42.7 Å². The van der Waals surface area contributed by atoms with Gasteiger partial charge in [0.2, 0.25) is 5.91 Å². The zero-order chi connectivity index (χ0) is 37.3. The second kappa shape index (κ2) is 14.1. The number of carbonyl (C=O) groups excluding carboxylic acids is 3. The average molecular weight is 723 g/mol. The molecule has 2 amide bonds. The van der Waals surface area contributed by atoms with Gasteiger partial charge in [0.15, 0.2) is 0 Å². The van der Waals surface area contributed by atoms with E-state index in [4.69, 9.17) is 4.74 Å². The molecule has 0 bridgehead atoms. The molecule has 0 heterocycles. The summed E-state index contributed by atoms with van der Waals surface area (Å²) in [5, 5.41) is 4.97. The lowest BCUT2D eigenvalue weighted by Gasteiger charge is -2.37. The lowest BCUT2D eigenvalue weighted by Crippen LogP contribution is -2.49. The Balaban J connectivity index is 1.13. The first-order valence-electron chi connectivity index (χ1n) is 16.9. The van der Waals surface area contributed by atoms with Gasteiger partial charge in [0, 0.05) is 17.5 Å². The molecule has 0 saturated heterocycles. The van der Waals surface area contributed by atoms with Crippen molar-refractivity contribution in [3.8, 4) is 22.3 Å². The van der Waals surface area contributed by atoms with E-state index in [1.54, 1.807) is 85.8 Å². The summed E-state index contributed by atoms with van der Waals surface area (Å²) in [4.78, 5) is 40.6. The van der Waals surface area contributed by atoms with Crippen LogP contribution >= 0.6 is 0 Å². The average Bonchev–Trinajstić information content (AvgIpc) is 3.40. The second-order valence-electron chi connectivity index (χ2n) is 13.6. The van der Waals surface area contributed by atoms with Crippen LogP contribution < -0.4 is 10.6 Å². The number of nitrogens with one attached hydrogen (secondary N) is 2. The highest BCUT2D eigenvalue weighted by Gasteiger charge is 2.50. The van der Waals surface area contributed by atoms with Crippen LogP contribution in [0.2, 0.25) is 0 Å². The lowest BCUT2D eigenvalue weighted by molar-refractivity contribution is -0.151. The molecular weight excluding hydrogens is 686 g/mol. The molecule has 4 aromatic rings. The number of amides is 2. The number of rotatable bonds is 9. The van der Waals surface area contributed by atoms with Gasteiger partial charge in [0.05, 0.1) is 18.1 Å². The van der Waals surface area contributed by atoms with Crippen LogP contribution in [0.5, 0.6) is 0 Å². The van der Waals surface area contributed by atoms with Gasteiger partial charge in [-0.1, -0.05) is 84.9 Å². The van der Waals surface area contributed by atoms with Crippen LogP contribution in [0.25, 0.3) is 22.3 Å². The fourth-order valence-corrected chi connectivity index (χ4v) is 7.44. The molecule has 0 spiro atoms. The topological polar surface area (TPSA) is 84.5 Å². The van der Waals surface area contributed by atoms with Crippen molar-refractivity contribution >= 4 is 17.8 Å². The Morgan fingerprint density at radius 3 is 1.92 bits per heavy atom. The van der Waals surface area contributed by atoms with Crippen molar-refractivity contribution in [3.63, 3.8) is 0 Å². The largest absolute Gasteiger partial charge is 0.465 e. The van der Waals surface area contributed by atoms with E-state index in [2.05, 4.69) is 10.6 Å². The molecule has 0 atom stereocenters. The van der Waals surface area contributed by atoms with Crippen molar-refractivity contribution in [2.45, 2.75) is 62.3 Å². The van der Waals surface area contributed by atoms with Crippen LogP contribution in [0.1, 0.15) is 66.1 Å². The van der Waals surface area contributed by atoms with E-state index in [0.29, 0.717) is 59.1 Å². The third-order valence-corrected chi connectivity index (χ3v) is 10.1. The molecule has 4 aromatic carbocycles. The summed E-state index contributed by atoms with van der Waals surface area (Å²) in [5.41, 5.74) is -0.0249. The van der Waals surface area contributed by atoms with Crippen molar-refractivity contribution in [3.05, 3.63) is 119 Å². The van der Waals surface area contributed by atoms with Crippen LogP contribution in [0.3, 0.4) is 0 Å². The fourth-order valence-electron chi connectivity index (χ4n) is 7.44. The minimum Gasteiger partial charge on any atom is -0.465 e. The Morgan fingerprint density at radius 2 is 1.35 bits per heavy atom. The summed E-state index contributed by atoms with van der Waals surface area (Å²) < 4.78 is 86.1. The molecule has 1 saturated carbocycles. The molecule has 2 aliphatic carbocycles. The van der Waals surface area contributed by atoms with E-state index in [1.807, 2.05) is 0 Å². The SMILES string of the molecule is CC1(NC(=O)c2cc(C(F)(F)F)ccc2-c2ccccc2)CCC(C(=O)OCCC2(C(=O)NCC(F)(F)F)c3ccccc3-c3ccccc32)CC1. The minimum absolute atomic E-state index is 0.0995. The zero-order valence-corrected chi connectivity index (χ0v) is 28.2. The zero-order valence-electron chi connectivity index (χ0n) is 28.2. The molecule has 52 heavy (non-hydrogen) atoms. The van der Waals surface area contributed by atoms with Crippen LogP contribution in [0.4, 0.5) is 26.3 Å². The summed E-state index contributed by atoms with van der Waals surface area (Å²) in [6.45, 7) is 0.0141. The van der Waals surface area contributed by atoms with Crippen molar-refractivity contribution in [2.24, 2.45) is 5.92 Å². The molecule has 0 radical (unpaired) electrons. The molecule has 1 fully saturated rings. The van der Waals surface area contributed by atoms with Gasteiger partial charge >= 0.3 is 18.3 Å². The Morgan fingerprint density at radius 1 is 0.769 bits per heavy atom. The van der Waals surface area contributed by atoms with Gasteiger partial charge in [-0.25, -0.2) is 0 Å². The molecule has 0 unspecified atom stereocenters. The number of benzene rings is 4. The smallest absolute Gasteiger partial charge is 0.416 e. The first-order valence-corrected chi connectivity index (χ1v) is 16.9. The number of ether oxygens (including phenoxy) is 1. The number of alkyl halides is 6. The highest BCUT2D eigenvalue weighted by molar-refractivity contribution is 6.02. The predicted molar refractivity (Wildman–Crippen MR) is 182 cm³/mol. The molecular formula is C40H36F6N2O4. The summed E-state index contributed by atoms with van der Waals surface area (Å²) in [5.74, 6) is -2.61. The van der Waals surface area contributed by atoms with E-state index < -0.39 is 59.1 Å².